The molecular formula is C19H22N4O5. The molecule has 0 fully saturated rings. The first kappa shape index (κ1) is 19.3. The summed E-state index contributed by atoms with van der Waals surface area (Å²) in [6.45, 7) is 5.21. The standard InChI is InChI=1S/C19H22N4O5/c1-5-14(24)28-12-7-6-11(8-13(12)27-4)17(15-9(2)20-22-18(15)25)16-10(3)21-23-19(16)26/h6-8,17H,5H2,1-4H3,(H2,20,22,25)(H2,21,23,26). The molecule has 0 bridgehead atoms. The quantitative estimate of drug-likeness (QED) is 0.379. The molecular weight excluding hydrogens is 364 g/mol. The van der Waals surface area contributed by atoms with Gasteiger partial charge in [0.2, 0.25) is 0 Å². The summed E-state index contributed by atoms with van der Waals surface area (Å²) in [6, 6.07) is 4.98. The number of rotatable bonds is 6. The van der Waals surface area contributed by atoms with Crippen molar-refractivity contribution in [3.8, 4) is 11.5 Å². The van der Waals surface area contributed by atoms with Crippen LogP contribution in [-0.2, 0) is 4.79 Å². The normalized spacial score (nSPS) is 11.0. The highest BCUT2D eigenvalue weighted by atomic mass is 16.6. The van der Waals surface area contributed by atoms with Crippen molar-refractivity contribution < 1.29 is 14.3 Å². The van der Waals surface area contributed by atoms with Crippen LogP contribution in [0.25, 0.3) is 0 Å². The average Bonchev–Trinajstić information content (AvgIpc) is 3.19. The van der Waals surface area contributed by atoms with Crippen molar-refractivity contribution in [2.75, 3.05) is 7.11 Å². The number of hydrogen-bond acceptors (Lipinski definition) is 5. The summed E-state index contributed by atoms with van der Waals surface area (Å²) >= 11 is 0. The number of ether oxygens (including phenoxy) is 2. The van der Waals surface area contributed by atoms with Crippen molar-refractivity contribution in [3.05, 3.63) is 67.0 Å². The lowest BCUT2D eigenvalue weighted by atomic mass is 9.85. The monoisotopic (exact) mass is 386 g/mol. The molecule has 0 aliphatic rings. The highest BCUT2D eigenvalue weighted by molar-refractivity contribution is 5.73. The van der Waals surface area contributed by atoms with Crippen LogP contribution in [0.4, 0.5) is 0 Å². The minimum absolute atomic E-state index is 0.226. The van der Waals surface area contributed by atoms with Gasteiger partial charge in [0.15, 0.2) is 11.5 Å². The Balaban J connectivity index is 2.21. The molecule has 0 unspecified atom stereocenters. The molecule has 2 aromatic heterocycles. The van der Waals surface area contributed by atoms with Crippen LogP contribution in [0, 0.1) is 13.8 Å². The average molecular weight is 386 g/mol. The first-order chi connectivity index (χ1) is 13.4. The second-order valence-electron chi connectivity index (χ2n) is 6.41. The third-order valence-electron chi connectivity index (χ3n) is 4.64. The lowest BCUT2D eigenvalue weighted by molar-refractivity contribution is -0.134. The molecule has 28 heavy (non-hydrogen) atoms. The van der Waals surface area contributed by atoms with Crippen molar-refractivity contribution in [3.63, 3.8) is 0 Å². The summed E-state index contributed by atoms with van der Waals surface area (Å²) in [5.74, 6) is -0.428. The molecule has 0 amide bonds. The lowest BCUT2D eigenvalue weighted by Crippen LogP contribution is -2.20. The molecule has 0 aliphatic carbocycles. The SMILES string of the molecule is CCC(=O)Oc1ccc(C(c2c(C)[nH][nH]c2=O)c2c(C)[nH][nH]c2=O)cc1OC. The van der Waals surface area contributed by atoms with E-state index in [1.807, 2.05) is 0 Å². The van der Waals surface area contributed by atoms with Gasteiger partial charge in [-0.05, 0) is 31.5 Å². The summed E-state index contributed by atoms with van der Waals surface area (Å²) in [4.78, 5) is 36.6. The molecule has 0 atom stereocenters. The number of hydrogen-bond donors (Lipinski definition) is 4. The van der Waals surface area contributed by atoms with E-state index in [0.29, 0.717) is 33.8 Å². The van der Waals surface area contributed by atoms with Crippen LogP contribution in [0.15, 0.2) is 27.8 Å². The number of carbonyl (C=O) groups is 1. The maximum absolute atomic E-state index is 12.5. The maximum atomic E-state index is 12.5. The summed E-state index contributed by atoms with van der Waals surface area (Å²) in [5.41, 5.74) is 2.11. The highest BCUT2D eigenvalue weighted by Gasteiger charge is 2.29. The molecule has 0 aliphatic heterocycles. The number of carbonyl (C=O) groups excluding carboxylic acids is 1. The first-order valence-electron chi connectivity index (χ1n) is 8.80. The second-order valence-corrected chi connectivity index (χ2v) is 6.41. The van der Waals surface area contributed by atoms with Gasteiger partial charge in [-0.2, -0.15) is 0 Å². The first-order valence-corrected chi connectivity index (χ1v) is 8.80. The van der Waals surface area contributed by atoms with Crippen LogP contribution in [-0.4, -0.2) is 33.5 Å². The Kier molecular flexibility index (Phi) is 5.25. The number of methoxy groups -OCH3 is 1. The van der Waals surface area contributed by atoms with Gasteiger partial charge < -0.3 is 19.7 Å². The zero-order chi connectivity index (χ0) is 20.4. The second kappa shape index (κ2) is 7.63. The molecule has 9 nitrogen and oxygen atoms in total. The minimum atomic E-state index is -0.644. The Labute approximate surface area is 160 Å². The molecule has 148 valence electrons. The van der Waals surface area contributed by atoms with Crippen LogP contribution in [0.5, 0.6) is 11.5 Å². The Hall–Kier alpha value is -3.49. The number of nitrogens with one attached hydrogen (secondary N) is 4. The van der Waals surface area contributed by atoms with E-state index >= 15 is 0 Å². The highest BCUT2D eigenvalue weighted by Crippen LogP contribution is 2.36. The third-order valence-corrected chi connectivity index (χ3v) is 4.64. The number of aromatic amines is 4. The Morgan fingerprint density at radius 1 is 0.964 bits per heavy atom. The van der Waals surface area contributed by atoms with Gasteiger partial charge in [-0.25, -0.2) is 0 Å². The zero-order valence-electron chi connectivity index (χ0n) is 16.1. The summed E-state index contributed by atoms with van der Waals surface area (Å²) in [5, 5.41) is 10.7. The van der Waals surface area contributed by atoms with E-state index in [0.717, 1.165) is 0 Å². The fraction of sp³-hybridized carbons (Fsp3) is 0.316. The van der Waals surface area contributed by atoms with Crippen molar-refractivity contribution >= 4 is 5.97 Å². The molecule has 9 heteroatoms. The molecule has 0 spiro atoms. The predicted molar refractivity (Wildman–Crippen MR) is 102 cm³/mol. The van der Waals surface area contributed by atoms with Gasteiger partial charge in [-0.15, -0.1) is 0 Å². The molecule has 3 rings (SSSR count). The number of benzene rings is 1. The van der Waals surface area contributed by atoms with Gasteiger partial charge in [0, 0.05) is 23.7 Å². The van der Waals surface area contributed by atoms with E-state index in [9.17, 15) is 14.4 Å². The van der Waals surface area contributed by atoms with Crippen molar-refractivity contribution in [1.82, 2.24) is 20.4 Å². The number of aryl methyl sites for hydroxylation is 2. The number of esters is 1. The van der Waals surface area contributed by atoms with Gasteiger partial charge in [-0.3, -0.25) is 24.6 Å². The fourth-order valence-corrected chi connectivity index (χ4v) is 3.23. The zero-order valence-corrected chi connectivity index (χ0v) is 16.1. The largest absolute Gasteiger partial charge is 0.493 e. The molecule has 2 heterocycles. The van der Waals surface area contributed by atoms with Crippen LogP contribution in [0.2, 0.25) is 0 Å². The van der Waals surface area contributed by atoms with Gasteiger partial charge in [-0.1, -0.05) is 13.0 Å². The Morgan fingerprint density at radius 2 is 1.54 bits per heavy atom. The Bertz CT molecular complexity index is 1060. The molecule has 0 saturated heterocycles. The summed E-state index contributed by atoms with van der Waals surface area (Å²) < 4.78 is 10.7. The van der Waals surface area contributed by atoms with E-state index in [2.05, 4.69) is 20.4 Å². The Morgan fingerprint density at radius 3 is 1.96 bits per heavy atom. The van der Waals surface area contributed by atoms with Gasteiger partial charge in [0.25, 0.3) is 11.1 Å². The van der Waals surface area contributed by atoms with Crippen LogP contribution in [0.1, 0.15) is 47.3 Å². The maximum Gasteiger partial charge on any atom is 0.311 e. The number of aromatic nitrogens is 4. The number of H-pyrrole nitrogens is 4. The van der Waals surface area contributed by atoms with E-state index in [1.54, 1.807) is 39.0 Å². The van der Waals surface area contributed by atoms with E-state index < -0.39 is 11.9 Å². The van der Waals surface area contributed by atoms with Crippen LogP contribution >= 0.6 is 0 Å². The predicted octanol–water partition coefficient (Wildman–Crippen LogP) is 1.84. The van der Waals surface area contributed by atoms with Crippen molar-refractivity contribution in [2.24, 2.45) is 0 Å². The van der Waals surface area contributed by atoms with Crippen molar-refractivity contribution in [1.29, 1.82) is 0 Å². The summed E-state index contributed by atoms with van der Waals surface area (Å²) in [7, 11) is 1.46. The van der Waals surface area contributed by atoms with Gasteiger partial charge >= 0.3 is 5.97 Å². The van der Waals surface area contributed by atoms with Crippen LogP contribution in [0.3, 0.4) is 0 Å². The van der Waals surface area contributed by atoms with E-state index in [4.69, 9.17) is 9.47 Å². The minimum Gasteiger partial charge on any atom is -0.493 e. The topological polar surface area (TPSA) is 133 Å². The summed E-state index contributed by atoms with van der Waals surface area (Å²) in [6.07, 6.45) is 0.226. The molecule has 1 aromatic carbocycles. The molecule has 3 aromatic rings. The van der Waals surface area contributed by atoms with Gasteiger partial charge in [0.05, 0.1) is 18.2 Å². The van der Waals surface area contributed by atoms with Crippen LogP contribution < -0.4 is 20.6 Å². The smallest absolute Gasteiger partial charge is 0.311 e. The third kappa shape index (κ3) is 3.38. The van der Waals surface area contributed by atoms with Crippen molar-refractivity contribution in [2.45, 2.75) is 33.1 Å². The lowest BCUT2D eigenvalue weighted by Gasteiger charge is -2.18. The van der Waals surface area contributed by atoms with E-state index in [1.165, 1.54) is 7.11 Å². The van der Waals surface area contributed by atoms with Gasteiger partial charge in [0.1, 0.15) is 0 Å². The van der Waals surface area contributed by atoms with E-state index in [-0.39, 0.29) is 23.3 Å². The molecule has 0 radical (unpaired) electrons. The molecule has 0 saturated carbocycles. The fourth-order valence-electron chi connectivity index (χ4n) is 3.23. The molecule has 4 N–H and O–H groups in total.